The molecule has 0 unspecified atom stereocenters. The highest BCUT2D eigenvalue weighted by molar-refractivity contribution is 5.94. The average Bonchev–Trinajstić information content (AvgIpc) is 3.26. The molecule has 2 saturated heterocycles. The highest BCUT2D eigenvalue weighted by Crippen LogP contribution is 2.41. The van der Waals surface area contributed by atoms with E-state index in [9.17, 15) is 13.6 Å². The van der Waals surface area contributed by atoms with Crippen molar-refractivity contribution < 1.29 is 13.6 Å². The third-order valence-corrected chi connectivity index (χ3v) is 6.07. The summed E-state index contributed by atoms with van der Waals surface area (Å²) < 4.78 is 26.7. The molecule has 5 heteroatoms. The number of amides is 1. The van der Waals surface area contributed by atoms with Gasteiger partial charge in [-0.15, -0.1) is 0 Å². The van der Waals surface area contributed by atoms with Crippen LogP contribution in [0.4, 0.5) is 8.78 Å². The normalized spacial score (nSPS) is 20.0. The standard InChI is InChI=1S/C22H24F2N2O/c23-19-9-8-17(16-20(19)24)21(27)25-14-10-22(11-15-25,26-12-4-5-13-26)18-6-2-1-3-7-18/h1-3,6-9,16H,4-5,10-15H2. The lowest BCUT2D eigenvalue weighted by Gasteiger charge is -2.48. The minimum atomic E-state index is -0.978. The number of rotatable bonds is 3. The van der Waals surface area contributed by atoms with Crippen LogP contribution < -0.4 is 0 Å². The first-order valence-corrected chi connectivity index (χ1v) is 9.65. The van der Waals surface area contributed by atoms with E-state index in [1.807, 2.05) is 6.07 Å². The Hall–Kier alpha value is -2.27. The second-order valence-electron chi connectivity index (χ2n) is 7.51. The fourth-order valence-electron chi connectivity index (χ4n) is 4.57. The van der Waals surface area contributed by atoms with Gasteiger partial charge in [0, 0.05) is 24.2 Å². The molecule has 2 aromatic carbocycles. The van der Waals surface area contributed by atoms with Crippen LogP contribution in [-0.2, 0) is 5.54 Å². The lowest BCUT2D eigenvalue weighted by Crippen LogP contribution is -2.53. The molecular formula is C22H24F2N2O. The van der Waals surface area contributed by atoms with Gasteiger partial charge < -0.3 is 4.90 Å². The Balaban J connectivity index is 1.54. The highest BCUT2D eigenvalue weighted by atomic mass is 19.2. The van der Waals surface area contributed by atoms with E-state index >= 15 is 0 Å². The van der Waals surface area contributed by atoms with Gasteiger partial charge in [-0.2, -0.15) is 0 Å². The van der Waals surface area contributed by atoms with Crippen molar-refractivity contribution in [1.29, 1.82) is 0 Å². The zero-order chi connectivity index (χ0) is 18.9. The van der Waals surface area contributed by atoms with Gasteiger partial charge in [-0.3, -0.25) is 9.69 Å². The Bertz CT molecular complexity index is 810. The van der Waals surface area contributed by atoms with Crippen molar-refractivity contribution in [3.8, 4) is 0 Å². The van der Waals surface area contributed by atoms with Gasteiger partial charge in [0.2, 0.25) is 0 Å². The molecule has 0 N–H and O–H groups in total. The van der Waals surface area contributed by atoms with Crippen molar-refractivity contribution in [3.05, 3.63) is 71.3 Å². The number of hydrogen-bond donors (Lipinski definition) is 0. The molecule has 0 aromatic heterocycles. The van der Waals surface area contributed by atoms with Gasteiger partial charge in [0.25, 0.3) is 5.91 Å². The van der Waals surface area contributed by atoms with Crippen LogP contribution in [0.25, 0.3) is 0 Å². The summed E-state index contributed by atoms with van der Waals surface area (Å²) in [6, 6.07) is 13.9. The average molecular weight is 370 g/mol. The Morgan fingerprint density at radius 2 is 1.52 bits per heavy atom. The second-order valence-corrected chi connectivity index (χ2v) is 7.51. The predicted octanol–water partition coefficient (Wildman–Crippen LogP) is 4.19. The molecule has 4 rings (SSSR count). The maximum absolute atomic E-state index is 13.5. The summed E-state index contributed by atoms with van der Waals surface area (Å²) in [5.41, 5.74) is 1.48. The number of halogens is 2. The third kappa shape index (κ3) is 3.36. The quantitative estimate of drug-likeness (QED) is 0.809. The molecule has 142 valence electrons. The van der Waals surface area contributed by atoms with Gasteiger partial charge in [0.15, 0.2) is 11.6 Å². The van der Waals surface area contributed by atoms with Crippen LogP contribution >= 0.6 is 0 Å². The summed E-state index contributed by atoms with van der Waals surface area (Å²) >= 11 is 0. The molecule has 0 bridgehead atoms. The second kappa shape index (κ2) is 7.39. The number of piperidine rings is 1. The van der Waals surface area contributed by atoms with Crippen LogP contribution in [0.1, 0.15) is 41.6 Å². The van der Waals surface area contributed by atoms with Crippen LogP contribution in [0.2, 0.25) is 0 Å². The van der Waals surface area contributed by atoms with Gasteiger partial charge in [-0.25, -0.2) is 8.78 Å². The minimum Gasteiger partial charge on any atom is -0.338 e. The van der Waals surface area contributed by atoms with Crippen molar-refractivity contribution in [1.82, 2.24) is 9.80 Å². The number of hydrogen-bond acceptors (Lipinski definition) is 2. The van der Waals surface area contributed by atoms with E-state index in [0.29, 0.717) is 13.1 Å². The van der Waals surface area contributed by atoms with Crippen molar-refractivity contribution in [2.24, 2.45) is 0 Å². The fourth-order valence-corrected chi connectivity index (χ4v) is 4.57. The molecule has 2 aliphatic rings. The summed E-state index contributed by atoms with van der Waals surface area (Å²) in [5, 5.41) is 0. The molecular weight excluding hydrogens is 346 g/mol. The first-order valence-electron chi connectivity index (χ1n) is 9.65. The van der Waals surface area contributed by atoms with E-state index in [0.717, 1.165) is 38.1 Å². The third-order valence-electron chi connectivity index (χ3n) is 6.07. The van der Waals surface area contributed by atoms with Crippen LogP contribution in [0.5, 0.6) is 0 Å². The summed E-state index contributed by atoms with van der Waals surface area (Å²) in [4.78, 5) is 17.1. The fraction of sp³-hybridized carbons (Fsp3) is 0.409. The Morgan fingerprint density at radius 1 is 0.852 bits per heavy atom. The lowest BCUT2D eigenvalue weighted by atomic mass is 9.79. The van der Waals surface area contributed by atoms with Crippen molar-refractivity contribution in [3.63, 3.8) is 0 Å². The van der Waals surface area contributed by atoms with Gasteiger partial charge >= 0.3 is 0 Å². The zero-order valence-electron chi connectivity index (χ0n) is 15.3. The van der Waals surface area contributed by atoms with Crippen LogP contribution in [0, 0.1) is 11.6 Å². The Labute approximate surface area is 158 Å². The minimum absolute atomic E-state index is 0.0391. The topological polar surface area (TPSA) is 23.6 Å². The first-order chi connectivity index (χ1) is 13.1. The predicted molar refractivity (Wildman–Crippen MR) is 100 cm³/mol. The molecule has 1 amide bonds. The summed E-state index contributed by atoms with van der Waals surface area (Å²) in [6.45, 7) is 3.41. The SMILES string of the molecule is O=C(c1ccc(F)c(F)c1)N1CCC(c2ccccc2)(N2CCCC2)CC1. The van der Waals surface area contributed by atoms with E-state index < -0.39 is 11.6 Å². The van der Waals surface area contributed by atoms with Crippen LogP contribution in [-0.4, -0.2) is 41.9 Å². The molecule has 2 heterocycles. The molecule has 3 nitrogen and oxygen atoms in total. The largest absolute Gasteiger partial charge is 0.338 e. The Kier molecular flexibility index (Phi) is 4.96. The van der Waals surface area contributed by atoms with E-state index in [-0.39, 0.29) is 17.0 Å². The van der Waals surface area contributed by atoms with Crippen molar-refractivity contribution >= 4 is 5.91 Å². The number of benzene rings is 2. The molecule has 27 heavy (non-hydrogen) atoms. The molecule has 2 aliphatic heterocycles. The maximum Gasteiger partial charge on any atom is 0.253 e. The monoisotopic (exact) mass is 370 g/mol. The number of nitrogens with zero attached hydrogens (tertiary/aromatic N) is 2. The zero-order valence-corrected chi connectivity index (χ0v) is 15.3. The molecule has 2 aromatic rings. The number of carbonyl (C=O) groups is 1. The van der Waals surface area contributed by atoms with Crippen molar-refractivity contribution in [2.45, 2.75) is 31.2 Å². The number of likely N-dealkylation sites (tertiary alicyclic amines) is 2. The number of carbonyl (C=O) groups excluding carboxylic acids is 1. The maximum atomic E-state index is 13.5. The molecule has 0 radical (unpaired) electrons. The van der Waals surface area contributed by atoms with E-state index in [4.69, 9.17) is 0 Å². The van der Waals surface area contributed by atoms with E-state index in [2.05, 4.69) is 29.2 Å². The van der Waals surface area contributed by atoms with Crippen molar-refractivity contribution in [2.75, 3.05) is 26.2 Å². The van der Waals surface area contributed by atoms with Gasteiger partial charge in [-0.1, -0.05) is 30.3 Å². The van der Waals surface area contributed by atoms with Crippen LogP contribution in [0.3, 0.4) is 0 Å². The first kappa shape index (κ1) is 18.1. The van der Waals surface area contributed by atoms with Gasteiger partial charge in [0.1, 0.15) is 0 Å². The molecule has 0 atom stereocenters. The molecule has 0 aliphatic carbocycles. The summed E-state index contributed by atoms with van der Waals surface area (Å²) in [6.07, 6.45) is 4.14. The summed E-state index contributed by atoms with van der Waals surface area (Å²) in [5.74, 6) is -2.13. The molecule has 2 fully saturated rings. The Morgan fingerprint density at radius 3 is 2.15 bits per heavy atom. The summed E-state index contributed by atoms with van der Waals surface area (Å²) in [7, 11) is 0. The van der Waals surface area contributed by atoms with Gasteiger partial charge in [-0.05, 0) is 62.5 Å². The highest BCUT2D eigenvalue weighted by Gasteiger charge is 2.43. The molecule has 0 saturated carbocycles. The van der Waals surface area contributed by atoms with Crippen LogP contribution in [0.15, 0.2) is 48.5 Å². The lowest BCUT2D eigenvalue weighted by molar-refractivity contribution is 0.0294. The van der Waals surface area contributed by atoms with E-state index in [1.54, 1.807) is 4.90 Å². The van der Waals surface area contributed by atoms with Gasteiger partial charge in [0.05, 0.1) is 0 Å². The molecule has 0 spiro atoms. The smallest absolute Gasteiger partial charge is 0.253 e. The van der Waals surface area contributed by atoms with E-state index in [1.165, 1.54) is 24.5 Å².